The van der Waals surface area contributed by atoms with E-state index >= 15 is 0 Å². The van der Waals surface area contributed by atoms with Crippen LogP contribution < -0.4 is 9.62 Å². The minimum absolute atomic E-state index is 0.132. The molecule has 0 amide bonds. The Bertz CT molecular complexity index is 1690. The number of anilines is 1. The van der Waals surface area contributed by atoms with E-state index in [2.05, 4.69) is 38.9 Å². The zero-order chi connectivity index (χ0) is 27.1. The largest absolute Gasteiger partial charge is 0.355 e. The van der Waals surface area contributed by atoms with Crippen LogP contribution in [0.1, 0.15) is 12.5 Å². The summed E-state index contributed by atoms with van der Waals surface area (Å²) in [6.07, 6.45) is 9.07. The molecule has 6 rings (SSSR count). The van der Waals surface area contributed by atoms with E-state index in [9.17, 15) is 9.65 Å². The van der Waals surface area contributed by atoms with Gasteiger partial charge in [-0.25, -0.2) is 13.9 Å². The Hall–Kier alpha value is -3.91. The molecule has 2 atom stereocenters. The second-order valence-corrected chi connectivity index (χ2v) is 10.9. The van der Waals surface area contributed by atoms with Gasteiger partial charge in [-0.15, -0.1) is 0 Å². The highest BCUT2D eigenvalue weighted by Crippen LogP contribution is 2.34. The molecule has 0 spiro atoms. The van der Waals surface area contributed by atoms with Gasteiger partial charge in [0, 0.05) is 67.0 Å². The molecule has 196 valence electrons. The first-order chi connectivity index (χ1) is 18.9. The van der Waals surface area contributed by atoms with Gasteiger partial charge in [-0.2, -0.15) is 15.5 Å². The number of nitrogens with one attached hydrogen (secondary N) is 1. The monoisotopic (exact) mass is 558 g/mol. The summed E-state index contributed by atoms with van der Waals surface area (Å²) in [6, 6.07) is 13.2. The number of nitriles is 1. The fourth-order valence-corrected chi connectivity index (χ4v) is 6.09. The molecule has 1 fully saturated rings. The van der Waals surface area contributed by atoms with Gasteiger partial charge in [0.1, 0.15) is 17.7 Å². The van der Waals surface area contributed by atoms with E-state index in [0.29, 0.717) is 21.4 Å². The lowest BCUT2D eigenvalue weighted by atomic mass is 10.0. The number of halogens is 2. The van der Waals surface area contributed by atoms with Crippen LogP contribution >= 0.6 is 23.5 Å². The number of hydrogen-bond acceptors (Lipinski definition) is 7. The van der Waals surface area contributed by atoms with Crippen molar-refractivity contribution < 1.29 is 4.39 Å². The highest BCUT2D eigenvalue weighted by atomic mass is 35.5. The fourth-order valence-electron chi connectivity index (χ4n) is 4.91. The van der Waals surface area contributed by atoms with Crippen LogP contribution in [0.5, 0.6) is 0 Å². The van der Waals surface area contributed by atoms with E-state index in [4.69, 9.17) is 16.6 Å². The van der Waals surface area contributed by atoms with Gasteiger partial charge in [0.2, 0.25) is 0 Å². The first kappa shape index (κ1) is 25.4. The van der Waals surface area contributed by atoms with Gasteiger partial charge in [-0.05, 0) is 48.2 Å². The molecule has 1 saturated heterocycles. The fraction of sp³-hybridized carbons (Fsp3) is 0.214. The smallest absolute Gasteiger partial charge is 0.139 e. The zero-order valence-electron chi connectivity index (χ0n) is 21.2. The van der Waals surface area contributed by atoms with Crippen LogP contribution in [0.25, 0.3) is 27.8 Å². The van der Waals surface area contributed by atoms with Crippen molar-refractivity contribution in [2.45, 2.75) is 17.9 Å². The molecule has 5 heterocycles. The Morgan fingerprint density at radius 3 is 2.67 bits per heavy atom. The third kappa shape index (κ3) is 4.85. The summed E-state index contributed by atoms with van der Waals surface area (Å²) in [5.41, 5.74) is 4.90. The molecule has 1 aliphatic heterocycles. The molecule has 1 aliphatic rings. The maximum Gasteiger partial charge on any atom is 0.139 e. The van der Waals surface area contributed by atoms with E-state index < -0.39 is 0 Å². The molecule has 0 bridgehead atoms. The van der Waals surface area contributed by atoms with Gasteiger partial charge < -0.3 is 4.90 Å². The summed E-state index contributed by atoms with van der Waals surface area (Å²) in [4.78, 5) is 7.41. The Morgan fingerprint density at radius 1 is 1.08 bits per heavy atom. The van der Waals surface area contributed by atoms with Crippen molar-refractivity contribution >= 4 is 34.9 Å². The molecule has 39 heavy (non-hydrogen) atoms. The van der Waals surface area contributed by atoms with Gasteiger partial charge in [-0.3, -0.25) is 9.40 Å². The first-order valence-electron chi connectivity index (χ1n) is 12.4. The summed E-state index contributed by atoms with van der Waals surface area (Å²) in [5, 5.41) is 18.8. The summed E-state index contributed by atoms with van der Waals surface area (Å²) in [6.45, 7) is 3.71. The number of aryl methyl sites for hydroxylation is 1. The van der Waals surface area contributed by atoms with Crippen LogP contribution in [0, 0.1) is 23.1 Å². The maximum atomic E-state index is 14.2. The summed E-state index contributed by atoms with van der Waals surface area (Å²) < 4.78 is 21.1. The molecule has 5 aromatic rings. The maximum absolute atomic E-state index is 14.2. The van der Waals surface area contributed by atoms with Crippen molar-refractivity contribution in [3.8, 4) is 28.3 Å². The van der Waals surface area contributed by atoms with Crippen LogP contribution in [0.2, 0.25) is 5.02 Å². The summed E-state index contributed by atoms with van der Waals surface area (Å²) in [5.74, 6) is 0.849. The highest BCUT2D eigenvalue weighted by Gasteiger charge is 2.31. The topological polar surface area (TPSA) is 87.1 Å². The minimum atomic E-state index is -0.334. The molecule has 8 nitrogen and oxygen atoms in total. The van der Waals surface area contributed by atoms with Crippen LogP contribution in [-0.4, -0.2) is 43.5 Å². The number of fused-ring (bicyclic) bond motifs is 1. The SMILES string of the molecule is CC1CN(c2ccc(-c3cc(-c4cnn(C)c4)cn4ncc(C#N)c34)cn2)CC1NSc1c(F)cccc1Cl. The minimum Gasteiger partial charge on any atom is -0.355 e. The zero-order valence-corrected chi connectivity index (χ0v) is 22.8. The average Bonchev–Trinajstić information content (AvgIpc) is 3.66. The van der Waals surface area contributed by atoms with Crippen molar-refractivity contribution in [2.24, 2.45) is 13.0 Å². The lowest BCUT2D eigenvalue weighted by molar-refractivity contribution is 0.536. The standard InChI is InChI=1S/C28H24ClFN8S/c1-17-13-37(16-25(17)35-39-28-23(29)4-3-5-24(28)30)26-7-6-18(10-32-26)22-8-19(21-12-33-36(2)14-21)15-38-27(22)20(9-31)11-34-38/h3-8,10-12,14-15,17,25,35H,13,16H2,1-2H3. The van der Waals surface area contributed by atoms with Crippen molar-refractivity contribution in [1.82, 2.24) is 29.1 Å². The number of pyridine rings is 2. The Morgan fingerprint density at radius 2 is 1.95 bits per heavy atom. The highest BCUT2D eigenvalue weighted by molar-refractivity contribution is 7.97. The van der Waals surface area contributed by atoms with E-state index in [1.807, 2.05) is 37.8 Å². The first-order valence-corrected chi connectivity index (χ1v) is 13.6. The lowest BCUT2D eigenvalue weighted by Gasteiger charge is -2.18. The molecule has 1 aromatic carbocycles. The Labute approximate surface area is 234 Å². The third-order valence-electron chi connectivity index (χ3n) is 7.00. The molecular weight excluding hydrogens is 535 g/mol. The molecule has 2 unspecified atom stereocenters. The van der Waals surface area contributed by atoms with Crippen LogP contribution in [0.4, 0.5) is 10.2 Å². The van der Waals surface area contributed by atoms with Gasteiger partial charge >= 0.3 is 0 Å². The van der Waals surface area contributed by atoms with Crippen molar-refractivity contribution in [2.75, 3.05) is 18.0 Å². The molecule has 4 aromatic heterocycles. The quantitative estimate of drug-likeness (QED) is 0.272. The van der Waals surface area contributed by atoms with E-state index in [1.165, 1.54) is 18.0 Å². The second-order valence-electron chi connectivity index (χ2n) is 9.67. The van der Waals surface area contributed by atoms with Gasteiger partial charge in [0.05, 0.1) is 33.4 Å². The Balaban J connectivity index is 1.25. The molecule has 0 radical (unpaired) electrons. The van der Waals surface area contributed by atoms with Crippen molar-refractivity contribution in [3.63, 3.8) is 0 Å². The van der Waals surface area contributed by atoms with Crippen molar-refractivity contribution in [1.29, 1.82) is 5.26 Å². The van der Waals surface area contributed by atoms with Crippen LogP contribution in [0.15, 0.2) is 72.3 Å². The molecule has 0 aliphatic carbocycles. The lowest BCUT2D eigenvalue weighted by Crippen LogP contribution is -2.31. The number of rotatable bonds is 6. The number of nitrogens with zero attached hydrogens (tertiary/aromatic N) is 7. The molecule has 1 N–H and O–H groups in total. The predicted molar refractivity (Wildman–Crippen MR) is 151 cm³/mol. The van der Waals surface area contributed by atoms with E-state index in [0.717, 1.165) is 46.7 Å². The summed E-state index contributed by atoms with van der Waals surface area (Å²) >= 11 is 7.42. The Kier molecular flexibility index (Phi) is 6.73. The van der Waals surface area contributed by atoms with E-state index in [1.54, 1.807) is 33.7 Å². The van der Waals surface area contributed by atoms with E-state index in [-0.39, 0.29) is 11.9 Å². The number of hydrogen-bond donors (Lipinski definition) is 1. The number of benzene rings is 1. The van der Waals surface area contributed by atoms with Gasteiger partial charge in [0.25, 0.3) is 0 Å². The third-order valence-corrected chi connectivity index (χ3v) is 8.46. The molecule has 0 saturated carbocycles. The number of aromatic nitrogens is 5. The molecule has 11 heteroatoms. The van der Waals surface area contributed by atoms with Gasteiger partial charge in [-0.1, -0.05) is 24.6 Å². The summed E-state index contributed by atoms with van der Waals surface area (Å²) in [7, 11) is 1.88. The van der Waals surface area contributed by atoms with Crippen LogP contribution in [-0.2, 0) is 7.05 Å². The second kappa shape index (κ2) is 10.3. The van der Waals surface area contributed by atoms with Crippen LogP contribution in [0.3, 0.4) is 0 Å². The normalized spacial score (nSPS) is 17.2. The van der Waals surface area contributed by atoms with Crippen molar-refractivity contribution in [3.05, 3.63) is 83.8 Å². The van der Waals surface area contributed by atoms with Gasteiger partial charge in [0.15, 0.2) is 0 Å². The predicted octanol–water partition coefficient (Wildman–Crippen LogP) is 5.58. The molecular formula is C28H24ClFN8S. The average molecular weight is 559 g/mol.